The van der Waals surface area contributed by atoms with Gasteiger partial charge in [0.1, 0.15) is 5.60 Å². The van der Waals surface area contributed by atoms with Crippen molar-refractivity contribution in [2.24, 2.45) is 11.8 Å². The molecule has 1 aromatic rings. The number of H-pyrrole nitrogens is 1. The Morgan fingerprint density at radius 2 is 1.93 bits per heavy atom. The van der Waals surface area contributed by atoms with Crippen LogP contribution >= 0.6 is 0 Å². The molecule has 15 heavy (non-hydrogen) atoms. The van der Waals surface area contributed by atoms with Crippen molar-refractivity contribution >= 4 is 0 Å². The maximum Gasteiger partial charge on any atom is 0.248 e. The average molecular weight is 205 g/mol. The van der Waals surface area contributed by atoms with Crippen LogP contribution in [0, 0.1) is 11.8 Å². The Hall–Kier alpha value is -1.09. The molecule has 2 aliphatic carbocycles. The fourth-order valence-electron chi connectivity index (χ4n) is 3.17. The van der Waals surface area contributed by atoms with Gasteiger partial charge in [-0.25, -0.2) is 0 Å². The van der Waals surface area contributed by atoms with E-state index in [2.05, 4.69) is 4.98 Å². The number of nitrogens with one attached hydrogen (secondary N) is 1. The third-order valence-corrected chi connectivity index (χ3v) is 3.99. The molecule has 80 valence electrons. The van der Waals surface area contributed by atoms with E-state index in [1.54, 1.807) is 6.07 Å². The normalized spacial score (nSPS) is 38.5. The summed E-state index contributed by atoms with van der Waals surface area (Å²) in [5.41, 5.74) is -0.131. The monoisotopic (exact) mass is 205 g/mol. The van der Waals surface area contributed by atoms with Crippen molar-refractivity contribution in [2.75, 3.05) is 0 Å². The Morgan fingerprint density at radius 1 is 1.27 bits per heavy atom. The lowest BCUT2D eigenvalue weighted by molar-refractivity contribution is 0.113. The second-order valence-corrected chi connectivity index (χ2v) is 4.75. The second-order valence-electron chi connectivity index (χ2n) is 4.75. The topological polar surface area (TPSA) is 53.1 Å². The molecule has 2 saturated carbocycles. The predicted octanol–water partition coefficient (Wildman–Crippen LogP) is 1.38. The minimum Gasteiger partial charge on any atom is -0.383 e. The largest absolute Gasteiger partial charge is 0.383 e. The average Bonchev–Trinajstić information content (AvgIpc) is 2.87. The molecule has 0 spiro atoms. The minimum atomic E-state index is -0.725. The number of aromatic amines is 1. The van der Waals surface area contributed by atoms with Gasteiger partial charge in [0, 0.05) is 6.07 Å². The minimum absolute atomic E-state index is 0.121. The van der Waals surface area contributed by atoms with Crippen LogP contribution in [0.25, 0.3) is 0 Å². The van der Waals surface area contributed by atoms with Gasteiger partial charge in [-0.05, 0) is 30.7 Å². The van der Waals surface area contributed by atoms with Crippen LogP contribution < -0.4 is 5.56 Å². The van der Waals surface area contributed by atoms with Crippen LogP contribution in [-0.2, 0) is 5.60 Å². The molecular formula is C12H15NO2. The van der Waals surface area contributed by atoms with Gasteiger partial charge in [-0.3, -0.25) is 4.79 Å². The van der Waals surface area contributed by atoms with E-state index < -0.39 is 5.60 Å². The fraction of sp³-hybridized carbons (Fsp3) is 0.583. The number of hydrogen-bond donors (Lipinski definition) is 2. The molecule has 2 atom stereocenters. The highest BCUT2D eigenvalue weighted by Crippen LogP contribution is 2.63. The summed E-state index contributed by atoms with van der Waals surface area (Å²) in [5, 5.41) is 10.5. The van der Waals surface area contributed by atoms with Crippen molar-refractivity contribution in [2.45, 2.75) is 31.3 Å². The van der Waals surface area contributed by atoms with Crippen molar-refractivity contribution in [3.05, 3.63) is 34.2 Å². The van der Waals surface area contributed by atoms with E-state index in [0.29, 0.717) is 17.5 Å². The molecule has 0 aliphatic heterocycles. The summed E-state index contributed by atoms with van der Waals surface area (Å²) >= 11 is 0. The first kappa shape index (κ1) is 9.16. The van der Waals surface area contributed by atoms with E-state index in [0.717, 1.165) is 12.8 Å². The number of aromatic nitrogens is 1. The molecule has 0 aromatic carbocycles. The van der Waals surface area contributed by atoms with Gasteiger partial charge in [0.2, 0.25) is 5.56 Å². The Labute approximate surface area is 88.1 Å². The van der Waals surface area contributed by atoms with Crippen molar-refractivity contribution in [1.29, 1.82) is 0 Å². The quantitative estimate of drug-likeness (QED) is 0.727. The summed E-state index contributed by atoms with van der Waals surface area (Å²) in [5.74, 6) is 0.758. The number of aliphatic hydroxyl groups is 1. The highest BCUT2D eigenvalue weighted by atomic mass is 16.3. The van der Waals surface area contributed by atoms with Crippen LogP contribution in [0.15, 0.2) is 23.0 Å². The number of hydrogen-bond acceptors (Lipinski definition) is 2. The third-order valence-electron chi connectivity index (χ3n) is 3.99. The van der Waals surface area contributed by atoms with Crippen molar-refractivity contribution < 1.29 is 5.11 Å². The molecule has 0 saturated heterocycles. The van der Waals surface area contributed by atoms with Crippen LogP contribution in [0.5, 0.6) is 0 Å². The van der Waals surface area contributed by atoms with Gasteiger partial charge in [0.05, 0.1) is 5.69 Å². The lowest BCUT2D eigenvalue weighted by atomic mass is 10.0. The number of rotatable bonds is 1. The van der Waals surface area contributed by atoms with E-state index in [9.17, 15) is 9.90 Å². The molecular weight excluding hydrogens is 190 g/mol. The molecule has 0 bridgehead atoms. The van der Waals surface area contributed by atoms with Gasteiger partial charge in [0.15, 0.2) is 0 Å². The zero-order valence-corrected chi connectivity index (χ0v) is 8.57. The van der Waals surface area contributed by atoms with Crippen LogP contribution in [0.2, 0.25) is 0 Å². The maximum absolute atomic E-state index is 11.2. The smallest absolute Gasteiger partial charge is 0.248 e. The van der Waals surface area contributed by atoms with E-state index >= 15 is 0 Å². The molecule has 3 rings (SSSR count). The van der Waals surface area contributed by atoms with E-state index in [1.165, 1.54) is 18.9 Å². The Kier molecular flexibility index (Phi) is 1.80. The molecule has 2 unspecified atom stereocenters. The summed E-state index contributed by atoms with van der Waals surface area (Å²) in [6, 6.07) is 5.04. The molecule has 0 radical (unpaired) electrons. The third kappa shape index (κ3) is 1.19. The van der Waals surface area contributed by atoms with Crippen molar-refractivity contribution in [1.82, 2.24) is 4.98 Å². The first-order valence-corrected chi connectivity index (χ1v) is 5.65. The zero-order chi connectivity index (χ0) is 10.5. The Balaban J connectivity index is 1.98. The van der Waals surface area contributed by atoms with Crippen LogP contribution in [-0.4, -0.2) is 10.1 Å². The van der Waals surface area contributed by atoms with Crippen LogP contribution in [0.4, 0.5) is 0 Å². The lowest BCUT2D eigenvalue weighted by Gasteiger charge is -2.09. The Morgan fingerprint density at radius 3 is 2.53 bits per heavy atom. The van der Waals surface area contributed by atoms with Gasteiger partial charge in [-0.2, -0.15) is 0 Å². The number of pyridine rings is 1. The first-order chi connectivity index (χ1) is 7.23. The molecule has 2 aliphatic rings. The van der Waals surface area contributed by atoms with Crippen molar-refractivity contribution in [3.8, 4) is 0 Å². The summed E-state index contributed by atoms with van der Waals surface area (Å²) in [6.07, 6.45) is 4.61. The SMILES string of the molecule is O=c1cccc(C2(O)C3CCCCC32)[nH]1. The summed E-state index contributed by atoms with van der Waals surface area (Å²) in [7, 11) is 0. The standard InChI is InChI=1S/C12H15NO2/c14-11-7-3-6-10(13-11)12(15)8-4-1-2-5-9(8)12/h3,6-9,15H,1-2,4-5H2,(H,13,14). The van der Waals surface area contributed by atoms with Crippen LogP contribution in [0.1, 0.15) is 31.4 Å². The summed E-state index contributed by atoms with van der Waals surface area (Å²) in [4.78, 5) is 14.0. The first-order valence-electron chi connectivity index (χ1n) is 5.65. The zero-order valence-electron chi connectivity index (χ0n) is 8.57. The molecule has 2 N–H and O–H groups in total. The molecule has 1 aromatic heterocycles. The summed E-state index contributed by atoms with van der Waals surface area (Å²) in [6.45, 7) is 0. The highest BCUT2D eigenvalue weighted by Gasteiger charge is 2.65. The van der Waals surface area contributed by atoms with Gasteiger partial charge < -0.3 is 10.1 Å². The van der Waals surface area contributed by atoms with Gasteiger partial charge >= 0.3 is 0 Å². The molecule has 0 amide bonds. The second kappa shape index (κ2) is 2.95. The molecule has 1 heterocycles. The van der Waals surface area contributed by atoms with Crippen LogP contribution in [0.3, 0.4) is 0 Å². The molecule has 2 fully saturated rings. The van der Waals surface area contributed by atoms with Gasteiger partial charge in [0.25, 0.3) is 0 Å². The van der Waals surface area contributed by atoms with E-state index in [4.69, 9.17) is 0 Å². The predicted molar refractivity (Wildman–Crippen MR) is 56.4 cm³/mol. The molecule has 3 heteroatoms. The van der Waals surface area contributed by atoms with Gasteiger partial charge in [-0.15, -0.1) is 0 Å². The maximum atomic E-state index is 11.2. The van der Waals surface area contributed by atoms with E-state index in [1.807, 2.05) is 6.07 Å². The highest BCUT2D eigenvalue weighted by molar-refractivity contribution is 5.27. The van der Waals surface area contributed by atoms with E-state index in [-0.39, 0.29) is 5.56 Å². The molecule has 3 nitrogen and oxygen atoms in total. The number of fused-ring (bicyclic) bond motifs is 1. The van der Waals surface area contributed by atoms with Crippen molar-refractivity contribution in [3.63, 3.8) is 0 Å². The van der Waals surface area contributed by atoms with Gasteiger partial charge in [-0.1, -0.05) is 18.9 Å². The summed E-state index contributed by atoms with van der Waals surface area (Å²) < 4.78 is 0. The fourth-order valence-corrected chi connectivity index (χ4v) is 3.17. The Bertz CT molecular complexity index is 425. The lowest BCUT2D eigenvalue weighted by Crippen LogP contribution is -2.17.